The molecule has 1 aromatic rings. The quantitative estimate of drug-likeness (QED) is 0.612. The summed E-state index contributed by atoms with van der Waals surface area (Å²) in [5.74, 6) is -1.26. The molecular formula is C14H18N2O4. The number of hydrogen-bond donors (Lipinski definition) is 1. The van der Waals surface area contributed by atoms with Crippen LogP contribution in [-0.2, 0) is 0 Å². The highest BCUT2D eigenvalue weighted by Crippen LogP contribution is 2.34. The molecule has 0 aliphatic heterocycles. The van der Waals surface area contributed by atoms with Gasteiger partial charge in [0.15, 0.2) is 0 Å². The van der Waals surface area contributed by atoms with Crippen molar-refractivity contribution < 1.29 is 14.8 Å². The van der Waals surface area contributed by atoms with Crippen LogP contribution in [0.15, 0.2) is 18.2 Å². The van der Waals surface area contributed by atoms with Crippen LogP contribution in [-0.4, -0.2) is 28.6 Å². The first-order chi connectivity index (χ1) is 9.54. The van der Waals surface area contributed by atoms with Crippen LogP contribution in [0.4, 0.5) is 11.4 Å². The fraction of sp³-hybridized carbons (Fsp3) is 0.500. The first-order valence-electron chi connectivity index (χ1n) is 6.83. The highest BCUT2D eigenvalue weighted by molar-refractivity contribution is 5.93. The zero-order chi connectivity index (χ0) is 14.7. The number of aromatic carboxylic acids is 1. The number of rotatable bonds is 7. The second-order valence-corrected chi connectivity index (χ2v) is 5.04. The van der Waals surface area contributed by atoms with Crippen molar-refractivity contribution in [1.82, 2.24) is 0 Å². The molecule has 0 unspecified atom stereocenters. The molecule has 0 saturated heterocycles. The lowest BCUT2D eigenvalue weighted by Crippen LogP contribution is -2.27. The minimum Gasteiger partial charge on any atom is -0.477 e. The van der Waals surface area contributed by atoms with E-state index >= 15 is 0 Å². The van der Waals surface area contributed by atoms with E-state index < -0.39 is 10.9 Å². The number of benzene rings is 1. The van der Waals surface area contributed by atoms with Gasteiger partial charge in [-0.15, -0.1) is 0 Å². The summed E-state index contributed by atoms with van der Waals surface area (Å²) < 4.78 is 0. The molecule has 1 N–H and O–H groups in total. The third kappa shape index (κ3) is 3.07. The molecule has 6 nitrogen and oxygen atoms in total. The predicted molar refractivity (Wildman–Crippen MR) is 75.3 cm³/mol. The lowest BCUT2D eigenvalue weighted by atomic mass is 10.1. The zero-order valence-electron chi connectivity index (χ0n) is 11.4. The summed E-state index contributed by atoms with van der Waals surface area (Å²) in [6.07, 6.45) is 4.28. The van der Waals surface area contributed by atoms with Gasteiger partial charge in [0, 0.05) is 24.3 Å². The van der Waals surface area contributed by atoms with E-state index in [0.717, 1.165) is 37.9 Å². The molecule has 20 heavy (non-hydrogen) atoms. The number of hydrogen-bond acceptors (Lipinski definition) is 4. The predicted octanol–water partition coefficient (Wildman–Crippen LogP) is 3.06. The van der Waals surface area contributed by atoms with Gasteiger partial charge in [0.2, 0.25) is 0 Å². The molecule has 0 amide bonds. The molecular weight excluding hydrogens is 260 g/mol. The van der Waals surface area contributed by atoms with Crippen molar-refractivity contribution in [3.05, 3.63) is 33.9 Å². The Bertz CT molecular complexity index is 526. The van der Waals surface area contributed by atoms with Crippen molar-refractivity contribution in [2.24, 2.45) is 0 Å². The second kappa shape index (κ2) is 5.90. The molecule has 6 heteroatoms. The van der Waals surface area contributed by atoms with Crippen LogP contribution in [0.25, 0.3) is 0 Å². The van der Waals surface area contributed by atoms with E-state index in [0.29, 0.717) is 6.04 Å². The third-order valence-electron chi connectivity index (χ3n) is 3.48. The van der Waals surface area contributed by atoms with Gasteiger partial charge in [-0.1, -0.05) is 13.3 Å². The highest BCUT2D eigenvalue weighted by Gasteiger charge is 2.30. The summed E-state index contributed by atoms with van der Waals surface area (Å²) in [5, 5.41) is 20.0. The molecule has 1 aliphatic carbocycles. The van der Waals surface area contributed by atoms with Crippen molar-refractivity contribution >= 4 is 17.3 Å². The number of nitro groups is 1. The average molecular weight is 278 g/mol. The minimum absolute atomic E-state index is 0.241. The molecule has 0 bridgehead atoms. The van der Waals surface area contributed by atoms with Crippen molar-refractivity contribution in [3.8, 4) is 0 Å². The maximum atomic E-state index is 11.2. The first kappa shape index (κ1) is 14.3. The van der Waals surface area contributed by atoms with Crippen LogP contribution in [0.3, 0.4) is 0 Å². The summed E-state index contributed by atoms with van der Waals surface area (Å²) in [7, 11) is 0. The Morgan fingerprint density at radius 2 is 2.20 bits per heavy atom. The SMILES string of the molecule is CCCCN(c1ccc([N+](=O)[O-])c(C(=O)O)c1)C1CC1. The van der Waals surface area contributed by atoms with Crippen molar-refractivity contribution in [2.45, 2.75) is 38.6 Å². The van der Waals surface area contributed by atoms with Gasteiger partial charge in [-0.25, -0.2) is 4.79 Å². The number of carbonyl (C=O) groups is 1. The average Bonchev–Trinajstić information content (AvgIpc) is 3.23. The molecule has 0 heterocycles. The molecule has 1 saturated carbocycles. The Balaban J connectivity index is 2.33. The van der Waals surface area contributed by atoms with E-state index in [-0.39, 0.29) is 11.3 Å². The smallest absolute Gasteiger partial charge is 0.342 e. The van der Waals surface area contributed by atoms with Gasteiger partial charge in [0.05, 0.1) is 4.92 Å². The van der Waals surface area contributed by atoms with E-state index in [1.807, 2.05) is 0 Å². The Hall–Kier alpha value is -2.11. The van der Waals surface area contributed by atoms with Gasteiger partial charge < -0.3 is 10.0 Å². The summed E-state index contributed by atoms with van der Waals surface area (Å²) in [6.45, 7) is 2.96. The van der Waals surface area contributed by atoms with Crippen molar-refractivity contribution in [2.75, 3.05) is 11.4 Å². The van der Waals surface area contributed by atoms with Crippen LogP contribution < -0.4 is 4.90 Å². The molecule has 0 aromatic heterocycles. The van der Waals surface area contributed by atoms with Crippen LogP contribution in [0.2, 0.25) is 0 Å². The van der Waals surface area contributed by atoms with Crippen LogP contribution in [0, 0.1) is 10.1 Å². The number of unbranched alkanes of at least 4 members (excludes halogenated alkanes) is 1. The van der Waals surface area contributed by atoms with Gasteiger partial charge >= 0.3 is 5.97 Å². The number of carboxylic acids is 1. The number of anilines is 1. The Labute approximate surface area is 117 Å². The van der Waals surface area contributed by atoms with Gasteiger partial charge in [0.1, 0.15) is 5.56 Å². The number of nitrogens with zero attached hydrogens (tertiary/aromatic N) is 2. The molecule has 108 valence electrons. The molecule has 0 spiro atoms. The van der Waals surface area contributed by atoms with Gasteiger partial charge in [-0.2, -0.15) is 0 Å². The standard InChI is InChI=1S/C14H18N2O4/c1-2-3-8-15(10-4-5-10)11-6-7-13(16(19)20)12(9-11)14(17)18/h6-7,9-10H,2-5,8H2,1H3,(H,17,18). The largest absolute Gasteiger partial charge is 0.477 e. The minimum atomic E-state index is -1.26. The van der Waals surface area contributed by atoms with Gasteiger partial charge in [-0.3, -0.25) is 10.1 Å². The van der Waals surface area contributed by atoms with Gasteiger partial charge in [-0.05, 0) is 31.4 Å². The topological polar surface area (TPSA) is 83.7 Å². The van der Waals surface area contributed by atoms with E-state index in [2.05, 4.69) is 11.8 Å². The van der Waals surface area contributed by atoms with Crippen molar-refractivity contribution in [3.63, 3.8) is 0 Å². The van der Waals surface area contributed by atoms with Crippen molar-refractivity contribution in [1.29, 1.82) is 0 Å². The maximum Gasteiger partial charge on any atom is 0.342 e. The van der Waals surface area contributed by atoms with Gasteiger partial charge in [0.25, 0.3) is 5.69 Å². The van der Waals surface area contributed by atoms with E-state index in [1.54, 1.807) is 6.07 Å². The molecule has 2 rings (SSSR count). The van der Waals surface area contributed by atoms with Crippen LogP contribution >= 0.6 is 0 Å². The van der Waals surface area contributed by atoms with E-state index in [4.69, 9.17) is 5.11 Å². The fourth-order valence-corrected chi connectivity index (χ4v) is 2.27. The molecule has 1 fully saturated rings. The summed E-state index contributed by atoms with van der Waals surface area (Å²) in [5.41, 5.74) is 0.172. The second-order valence-electron chi connectivity index (χ2n) is 5.04. The van der Waals surface area contributed by atoms with Crippen LogP contribution in [0.1, 0.15) is 43.0 Å². The normalized spacial score (nSPS) is 14.1. The Kier molecular flexibility index (Phi) is 4.22. The first-order valence-corrected chi connectivity index (χ1v) is 6.83. The monoisotopic (exact) mass is 278 g/mol. The molecule has 0 atom stereocenters. The summed E-state index contributed by atoms with van der Waals surface area (Å²) in [6, 6.07) is 4.82. The molecule has 0 radical (unpaired) electrons. The van der Waals surface area contributed by atoms with E-state index in [9.17, 15) is 14.9 Å². The Morgan fingerprint density at radius 1 is 1.50 bits per heavy atom. The maximum absolute atomic E-state index is 11.2. The molecule has 1 aliphatic rings. The fourth-order valence-electron chi connectivity index (χ4n) is 2.27. The lowest BCUT2D eigenvalue weighted by Gasteiger charge is -2.24. The van der Waals surface area contributed by atoms with Crippen LogP contribution in [0.5, 0.6) is 0 Å². The lowest BCUT2D eigenvalue weighted by molar-refractivity contribution is -0.385. The van der Waals surface area contributed by atoms with E-state index in [1.165, 1.54) is 12.1 Å². The number of nitro benzene ring substituents is 1. The molecule has 1 aromatic carbocycles. The summed E-state index contributed by atoms with van der Waals surface area (Å²) in [4.78, 5) is 23.5. The number of carboxylic acid groups (broad SMARTS) is 1. The zero-order valence-corrected chi connectivity index (χ0v) is 11.4. The Morgan fingerprint density at radius 3 is 2.70 bits per heavy atom. The summed E-state index contributed by atoms with van der Waals surface area (Å²) >= 11 is 0. The highest BCUT2D eigenvalue weighted by atomic mass is 16.6. The third-order valence-corrected chi connectivity index (χ3v) is 3.48.